The number of ether oxygens (including phenoxy) is 2. The minimum absolute atomic E-state index is 0.0307. The van der Waals surface area contributed by atoms with Crippen molar-refractivity contribution in [2.45, 2.75) is 25.6 Å². The van der Waals surface area contributed by atoms with Gasteiger partial charge in [0.05, 0.1) is 18.7 Å². The highest BCUT2D eigenvalue weighted by molar-refractivity contribution is 9.10. The van der Waals surface area contributed by atoms with Crippen molar-refractivity contribution in [3.05, 3.63) is 82.3 Å². The fourth-order valence-electron chi connectivity index (χ4n) is 3.22. The smallest absolute Gasteiger partial charge is 0.218 e. The number of hydrogen-bond donors (Lipinski definition) is 1. The normalized spacial score (nSPS) is 13.5. The molecule has 0 saturated heterocycles. The van der Waals surface area contributed by atoms with Crippen molar-refractivity contribution in [2.24, 2.45) is 0 Å². The van der Waals surface area contributed by atoms with Crippen molar-refractivity contribution in [2.75, 3.05) is 20.0 Å². The molecule has 2 aromatic carbocycles. The lowest BCUT2D eigenvalue weighted by atomic mass is 10.1. The zero-order valence-electron chi connectivity index (χ0n) is 18.6. The van der Waals surface area contributed by atoms with Crippen molar-refractivity contribution in [1.82, 2.24) is 14.3 Å². The molecule has 0 saturated carbocycles. The van der Waals surface area contributed by atoms with Crippen LogP contribution in [0.4, 0.5) is 0 Å². The van der Waals surface area contributed by atoms with E-state index in [1.807, 2.05) is 24.3 Å². The summed E-state index contributed by atoms with van der Waals surface area (Å²) in [5.41, 5.74) is -0.211. The largest absolute Gasteiger partial charge is 0.497 e. The molecule has 3 aromatic rings. The van der Waals surface area contributed by atoms with Crippen LogP contribution in [0.15, 0.2) is 65.4 Å². The lowest BCUT2D eigenvalue weighted by molar-refractivity contribution is 0.0705. The fraction of sp³-hybridized carbons (Fsp3) is 0.304. The first-order valence-corrected chi connectivity index (χ1v) is 12.5. The van der Waals surface area contributed by atoms with E-state index in [-0.39, 0.29) is 18.9 Å². The number of aromatic nitrogens is 2. The molecule has 0 spiro atoms. The number of aliphatic hydroxyl groups is 1. The van der Waals surface area contributed by atoms with Crippen molar-refractivity contribution >= 4 is 26.0 Å². The molecule has 8 nitrogen and oxygen atoms in total. The van der Waals surface area contributed by atoms with Crippen molar-refractivity contribution in [3.8, 4) is 11.5 Å². The second kappa shape index (κ2) is 10.6. The van der Waals surface area contributed by atoms with Crippen LogP contribution in [-0.2, 0) is 28.7 Å². The van der Waals surface area contributed by atoms with Gasteiger partial charge in [0.1, 0.15) is 22.9 Å². The summed E-state index contributed by atoms with van der Waals surface area (Å²) >= 11 is 3.24. The van der Waals surface area contributed by atoms with E-state index in [1.165, 1.54) is 23.6 Å². The maximum Gasteiger partial charge on any atom is 0.218 e. The Balaban J connectivity index is 1.89. The molecule has 0 bridgehead atoms. The van der Waals surface area contributed by atoms with Crippen LogP contribution < -0.4 is 9.47 Å². The molecule has 33 heavy (non-hydrogen) atoms. The van der Waals surface area contributed by atoms with Crippen LogP contribution in [0.3, 0.4) is 0 Å². The molecule has 10 heteroatoms. The summed E-state index contributed by atoms with van der Waals surface area (Å²) in [6.07, 6.45) is 2.94. The second-order valence-electron chi connectivity index (χ2n) is 7.72. The highest BCUT2D eigenvalue weighted by Crippen LogP contribution is 2.25. The topological polar surface area (TPSA) is 102 Å². The predicted molar refractivity (Wildman–Crippen MR) is 128 cm³/mol. The number of nitrogens with zero attached hydrogens (tertiary/aromatic N) is 3. The van der Waals surface area contributed by atoms with E-state index in [4.69, 9.17) is 9.47 Å². The van der Waals surface area contributed by atoms with Gasteiger partial charge in [0, 0.05) is 25.5 Å². The molecule has 3 rings (SSSR count). The molecule has 1 aromatic heterocycles. The van der Waals surface area contributed by atoms with E-state index in [0.717, 1.165) is 11.1 Å². The van der Waals surface area contributed by atoms with Crippen molar-refractivity contribution in [1.29, 1.82) is 0 Å². The monoisotopic (exact) mass is 535 g/mol. The maximum atomic E-state index is 13.5. The van der Waals surface area contributed by atoms with Crippen molar-refractivity contribution in [3.63, 3.8) is 0 Å². The summed E-state index contributed by atoms with van der Waals surface area (Å²) in [6, 6.07) is 14.4. The Hall–Kier alpha value is -2.53. The van der Waals surface area contributed by atoms with E-state index in [0.29, 0.717) is 16.0 Å². The summed E-state index contributed by atoms with van der Waals surface area (Å²) in [6.45, 7) is 1.64. The minimum Gasteiger partial charge on any atom is -0.497 e. The minimum atomic E-state index is -3.94. The summed E-state index contributed by atoms with van der Waals surface area (Å²) in [5, 5.41) is 11.0. The fourth-order valence-corrected chi connectivity index (χ4v) is 5.14. The van der Waals surface area contributed by atoms with Gasteiger partial charge in [0.15, 0.2) is 5.82 Å². The lowest BCUT2D eigenvalue weighted by Crippen LogP contribution is -2.41. The SMILES string of the molecule is COc1ccc(CN(Cc2ccc(OC)cc2)S(=O)(=O)C[C@@](C)(O)c2ncc(Br)cn2)cc1. The van der Waals surface area contributed by atoms with E-state index in [1.54, 1.807) is 38.5 Å². The van der Waals surface area contributed by atoms with Gasteiger partial charge in [-0.3, -0.25) is 0 Å². The number of benzene rings is 2. The molecule has 0 radical (unpaired) electrons. The van der Waals surface area contributed by atoms with Gasteiger partial charge in [-0.25, -0.2) is 18.4 Å². The Bertz CT molecular complexity index is 1100. The molecule has 0 amide bonds. The molecule has 0 aliphatic heterocycles. The highest BCUT2D eigenvalue weighted by Gasteiger charge is 2.36. The Morgan fingerprint density at radius 2 is 1.33 bits per heavy atom. The van der Waals surface area contributed by atoms with Crippen LogP contribution in [0.1, 0.15) is 23.9 Å². The van der Waals surface area contributed by atoms with Gasteiger partial charge in [-0.15, -0.1) is 0 Å². The van der Waals surface area contributed by atoms with Crippen LogP contribution >= 0.6 is 15.9 Å². The highest BCUT2D eigenvalue weighted by atomic mass is 79.9. The average molecular weight is 536 g/mol. The first kappa shape index (κ1) is 25.1. The second-order valence-corrected chi connectivity index (χ2v) is 10.6. The molecule has 0 aliphatic carbocycles. The molecule has 1 N–H and O–H groups in total. The van der Waals surface area contributed by atoms with Crippen LogP contribution in [-0.4, -0.2) is 47.8 Å². The first-order valence-electron chi connectivity index (χ1n) is 10.1. The number of hydrogen-bond acceptors (Lipinski definition) is 7. The Morgan fingerprint density at radius 1 is 0.909 bits per heavy atom. The Kier molecular flexibility index (Phi) is 8.06. The van der Waals surface area contributed by atoms with Gasteiger partial charge >= 0.3 is 0 Å². The number of rotatable bonds is 10. The third-order valence-corrected chi connectivity index (χ3v) is 7.38. The summed E-state index contributed by atoms with van der Waals surface area (Å²) in [4.78, 5) is 8.16. The standard InChI is InChI=1S/C23H26BrN3O5S/c1-23(28,22-25-12-19(24)13-26-22)16-33(29,30)27(14-17-4-8-20(31-2)9-5-17)15-18-6-10-21(32-3)11-7-18/h4-13,28H,14-16H2,1-3H3/t23-/m1/s1. The summed E-state index contributed by atoms with van der Waals surface area (Å²) in [5.74, 6) is 0.814. The maximum absolute atomic E-state index is 13.5. The van der Waals surface area contributed by atoms with Crippen LogP contribution in [0.2, 0.25) is 0 Å². The molecule has 176 valence electrons. The average Bonchev–Trinajstić information content (AvgIpc) is 2.79. The van der Waals surface area contributed by atoms with Gasteiger partial charge in [-0.05, 0) is 58.2 Å². The number of methoxy groups -OCH3 is 2. The molecule has 0 unspecified atom stereocenters. The molecule has 0 fully saturated rings. The van der Waals surface area contributed by atoms with E-state index in [2.05, 4.69) is 25.9 Å². The molecule has 1 heterocycles. The number of halogens is 1. The number of sulfonamides is 1. The van der Waals surface area contributed by atoms with Crippen LogP contribution in [0, 0.1) is 0 Å². The first-order chi connectivity index (χ1) is 15.6. The van der Waals surface area contributed by atoms with Gasteiger partial charge in [-0.1, -0.05) is 24.3 Å². The van der Waals surface area contributed by atoms with Gasteiger partial charge in [0.25, 0.3) is 0 Å². The van der Waals surface area contributed by atoms with E-state index in [9.17, 15) is 13.5 Å². The summed E-state index contributed by atoms with van der Waals surface area (Å²) in [7, 11) is -0.795. The van der Waals surface area contributed by atoms with Crippen LogP contribution in [0.5, 0.6) is 11.5 Å². The van der Waals surface area contributed by atoms with E-state index < -0.39 is 21.4 Å². The molecule has 0 aliphatic rings. The zero-order valence-corrected chi connectivity index (χ0v) is 21.0. The van der Waals surface area contributed by atoms with Gasteiger partial charge in [0.2, 0.25) is 10.0 Å². The van der Waals surface area contributed by atoms with Crippen LogP contribution in [0.25, 0.3) is 0 Å². The molecular weight excluding hydrogens is 510 g/mol. The summed E-state index contributed by atoms with van der Waals surface area (Å²) < 4.78 is 39.3. The van der Waals surface area contributed by atoms with E-state index >= 15 is 0 Å². The third-order valence-electron chi connectivity index (χ3n) is 4.99. The Labute approximate surface area is 202 Å². The molecular formula is C23H26BrN3O5S. The van der Waals surface area contributed by atoms with Gasteiger partial charge in [-0.2, -0.15) is 4.31 Å². The predicted octanol–water partition coefficient (Wildman–Crippen LogP) is 3.50. The molecule has 1 atom stereocenters. The van der Waals surface area contributed by atoms with Gasteiger partial charge < -0.3 is 14.6 Å². The van der Waals surface area contributed by atoms with Crippen molar-refractivity contribution < 1.29 is 23.0 Å². The Morgan fingerprint density at radius 3 is 1.73 bits per heavy atom. The quantitative estimate of drug-likeness (QED) is 0.423. The third kappa shape index (κ3) is 6.73. The lowest BCUT2D eigenvalue weighted by Gasteiger charge is -2.28. The zero-order chi connectivity index (χ0) is 24.1.